The molecule has 0 spiro atoms. The average Bonchev–Trinajstić information content (AvgIpc) is 2.57. The lowest BCUT2D eigenvalue weighted by atomic mass is 10.0. The Kier molecular flexibility index (Phi) is 3.52. The number of hydrogen-bond donors (Lipinski definition) is 3. The number of nitrogens with one attached hydrogen (secondary N) is 1. The molecule has 5 nitrogen and oxygen atoms in total. The SMILES string of the molecule is CC1(C)C(NC(=O)C(N)CCC(=O)O)C1(C)C. The number of amides is 1. The Bertz CT molecular complexity index is 323. The molecule has 0 saturated heterocycles. The van der Waals surface area contributed by atoms with E-state index in [1.165, 1.54) is 0 Å². The van der Waals surface area contributed by atoms with Gasteiger partial charge >= 0.3 is 5.97 Å². The number of rotatable bonds is 5. The zero-order valence-electron chi connectivity index (χ0n) is 10.9. The summed E-state index contributed by atoms with van der Waals surface area (Å²) in [4.78, 5) is 22.1. The molecule has 1 unspecified atom stereocenters. The van der Waals surface area contributed by atoms with Gasteiger partial charge in [0.15, 0.2) is 0 Å². The van der Waals surface area contributed by atoms with E-state index in [4.69, 9.17) is 10.8 Å². The van der Waals surface area contributed by atoms with Gasteiger partial charge in [-0.25, -0.2) is 0 Å². The zero-order chi connectivity index (χ0) is 13.4. The molecule has 1 aliphatic carbocycles. The van der Waals surface area contributed by atoms with Crippen molar-refractivity contribution in [2.75, 3.05) is 0 Å². The predicted octanol–water partition coefficient (Wildman–Crippen LogP) is 0.729. The Hall–Kier alpha value is -1.10. The van der Waals surface area contributed by atoms with Crippen molar-refractivity contribution in [2.45, 2.75) is 52.6 Å². The van der Waals surface area contributed by atoms with E-state index in [-0.39, 0.29) is 35.6 Å². The van der Waals surface area contributed by atoms with Crippen LogP contribution in [0.1, 0.15) is 40.5 Å². The molecule has 5 heteroatoms. The topological polar surface area (TPSA) is 92.4 Å². The molecule has 4 N–H and O–H groups in total. The quantitative estimate of drug-likeness (QED) is 0.662. The lowest BCUT2D eigenvalue weighted by Crippen LogP contribution is -2.43. The number of aliphatic carboxylic acids is 1. The van der Waals surface area contributed by atoms with Gasteiger partial charge in [0, 0.05) is 12.5 Å². The first kappa shape index (κ1) is 14.0. The fraction of sp³-hybridized carbons (Fsp3) is 0.833. The highest BCUT2D eigenvalue weighted by Crippen LogP contribution is 2.62. The summed E-state index contributed by atoms with van der Waals surface area (Å²) in [6, 6.07) is -0.628. The van der Waals surface area contributed by atoms with Crippen molar-refractivity contribution in [1.29, 1.82) is 0 Å². The van der Waals surface area contributed by atoms with Crippen LogP contribution in [0.25, 0.3) is 0 Å². The second-order valence-electron chi connectivity index (χ2n) is 5.92. The number of nitrogens with two attached hydrogens (primary N) is 1. The first-order chi connectivity index (χ1) is 7.60. The van der Waals surface area contributed by atoms with E-state index in [1.54, 1.807) is 0 Å². The highest BCUT2D eigenvalue weighted by atomic mass is 16.4. The summed E-state index contributed by atoms with van der Waals surface area (Å²) < 4.78 is 0. The number of hydrogen-bond acceptors (Lipinski definition) is 3. The average molecular weight is 242 g/mol. The molecule has 1 rings (SSSR count). The molecule has 0 aromatic rings. The maximum atomic E-state index is 11.8. The minimum Gasteiger partial charge on any atom is -0.481 e. The van der Waals surface area contributed by atoms with Gasteiger partial charge in [0.2, 0.25) is 5.91 Å². The maximum Gasteiger partial charge on any atom is 0.303 e. The van der Waals surface area contributed by atoms with Gasteiger partial charge in [-0.05, 0) is 17.3 Å². The van der Waals surface area contributed by atoms with Gasteiger partial charge in [-0.3, -0.25) is 9.59 Å². The van der Waals surface area contributed by atoms with Gasteiger partial charge in [0.05, 0.1) is 6.04 Å². The Morgan fingerprint density at radius 1 is 1.29 bits per heavy atom. The minimum absolute atomic E-state index is 0.0647. The number of carboxylic acid groups (broad SMARTS) is 1. The Morgan fingerprint density at radius 2 is 1.76 bits per heavy atom. The summed E-state index contributed by atoms with van der Waals surface area (Å²) in [7, 11) is 0. The fourth-order valence-corrected chi connectivity index (χ4v) is 2.22. The second-order valence-corrected chi connectivity index (χ2v) is 5.92. The highest BCUT2D eigenvalue weighted by Gasteiger charge is 2.65. The third-order valence-corrected chi connectivity index (χ3v) is 4.31. The number of carboxylic acids is 1. The van der Waals surface area contributed by atoms with Crippen LogP contribution < -0.4 is 11.1 Å². The molecule has 98 valence electrons. The molecule has 1 fully saturated rings. The summed E-state index contributed by atoms with van der Waals surface area (Å²) in [6.07, 6.45) is 0.0980. The first-order valence-electron chi connectivity index (χ1n) is 5.88. The molecule has 0 aliphatic heterocycles. The van der Waals surface area contributed by atoms with Crippen molar-refractivity contribution >= 4 is 11.9 Å². The number of carbonyl (C=O) groups excluding carboxylic acids is 1. The Labute approximate surface area is 102 Å². The van der Waals surface area contributed by atoms with Crippen LogP contribution in [0.15, 0.2) is 0 Å². The Balaban J connectivity index is 2.44. The van der Waals surface area contributed by atoms with E-state index in [0.29, 0.717) is 0 Å². The summed E-state index contributed by atoms with van der Waals surface area (Å²) in [6.45, 7) is 8.39. The monoisotopic (exact) mass is 242 g/mol. The standard InChI is InChI=1S/C12H22N2O3/c1-11(2)10(12(11,3)4)14-9(17)7(13)5-6-8(15)16/h7,10H,5-6,13H2,1-4H3,(H,14,17)(H,15,16). The molecule has 0 aromatic carbocycles. The van der Waals surface area contributed by atoms with E-state index in [2.05, 4.69) is 33.0 Å². The fourth-order valence-electron chi connectivity index (χ4n) is 2.22. The molecule has 0 radical (unpaired) electrons. The van der Waals surface area contributed by atoms with Crippen LogP contribution in [0, 0.1) is 10.8 Å². The molecular weight excluding hydrogens is 220 g/mol. The summed E-state index contributed by atoms with van der Waals surface area (Å²) in [5.74, 6) is -1.18. The third-order valence-electron chi connectivity index (χ3n) is 4.31. The summed E-state index contributed by atoms with van der Waals surface area (Å²) in [5, 5.41) is 11.4. The van der Waals surface area contributed by atoms with Crippen LogP contribution in [-0.4, -0.2) is 29.1 Å². The Morgan fingerprint density at radius 3 is 2.12 bits per heavy atom. The molecule has 0 heterocycles. The van der Waals surface area contributed by atoms with E-state index < -0.39 is 12.0 Å². The normalized spacial score (nSPS) is 22.9. The van der Waals surface area contributed by atoms with Crippen LogP contribution in [0.2, 0.25) is 0 Å². The van der Waals surface area contributed by atoms with Gasteiger partial charge in [-0.15, -0.1) is 0 Å². The summed E-state index contributed by atoms with van der Waals surface area (Å²) >= 11 is 0. The molecule has 17 heavy (non-hydrogen) atoms. The maximum absolute atomic E-state index is 11.8. The highest BCUT2D eigenvalue weighted by molar-refractivity contribution is 5.83. The van der Waals surface area contributed by atoms with Crippen LogP contribution in [0.5, 0.6) is 0 Å². The van der Waals surface area contributed by atoms with Gasteiger partial charge in [-0.1, -0.05) is 27.7 Å². The van der Waals surface area contributed by atoms with Gasteiger partial charge in [-0.2, -0.15) is 0 Å². The van der Waals surface area contributed by atoms with Gasteiger partial charge < -0.3 is 16.2 Å². The lowest BCUT2D eigenvalue weighted by Gasteiger charge is -2.12. The molecule has 1 aliphatic rings. The molecular formula is C12H22N2O3. The van der Waals surface area contributed by atoms with Gasteiger partial charge in [0.25, 0.3) is 0 Å². The first-order valence-corrected chi connectivity index (χ1v) is 5.88. The van der Waals surface area contributed by atoms with E-state index in [0.717, 1.165) is 0 Å². The van der Waals surface area contributed by atoms with Crippen molar-refractivity contribution in [3.63, 3.8) is 0 Å². The van der Waals surface area contributed by atoms with Gasteiger partial charge in [0.1, 0.15) is 0 Å². The van der Waals surface area contributed by atoms with E-state index >= 15 is 0 Å². The smallest absolute Gasteiger partial charge is 0.303 e. The van der Waals surface area contributed by atoms with E-state index in [1.807, 2.05) is 0 Å². The molecule has 0 bridgehead atoms. The van der Waals surface area contributed by atoms with Crippen molar-refractivity contribution < 1.29 is 14.7 Å². The molecule has 1 saturated carbocycles. The predicted molar refractivity (Wildman–Crippen MR) is 64.3 cm³/mol. The van der Waals surface area contributed by atoms with E-state index in [9.17, 15) is 9.59 Å². The second kappa shape index (κ2) is 4.29. The number of carbonyl (C=O) groups is 2. The molecule has 0 aromatic heterocycles. The van der Waals surface area contributed by atoms with Crippen molar-refractivity contribution in [3.05, 3.63) is 0 Å². The van der Waals surface area contributed by atoms with Crippen molar-refractivity contribution in [2.24, 2.45) is 16.6 Å². The minimum atomic E-state index is -0.930. The lowest BCUT2D eigenvalue weighted by molar-refractivity contribution is -0.137. The summed E-state index contributed by atoms with van der Waals surface area (Å²) in [5.41, 5.74) is 5.77. The largest absolute Gasteiger partial charge is 0.481 e. The molecule has 1 atom stereocenters. The van der Waals surface area contributed by atoms with Crippen LogP contribution >= 0.6 is 0 Å². The van der Waals surface area contributed by atoms with Crippen LogP contribution in [0.4, 0.5) is 0 Å². The van der Waals surface area contributed by atoms with Crippen LogP contribution in [-0.2, 0) is 9.59 Å². The zero-order valence-corrected chi connectivity index (χ0v) is 10.9. The third kappa shape index (κ3) is 2.60. The van der Waals surface area contributed by atoms with Crippen molar-refractivity contribution in [1.82, 2.24) is 5.32 Å². The van der Waals surface area contributed by atoms with Crippen LogP contribution in [0.3, 0.4) is 0 Å². The van der Waals surface area contributed by atoms with Crippen molar-refractivity contribution in [3.8, 4) is 0 Å². The molecule has 1 amide bonds.